The number of para-hydroxylation sites is 1. The molecule has 154 valence electrons. The monoisotopic (exact) mass is 395 g/mol. The molecule has 3 rings (SSSR count). The molecule has 2 amide bonds. The van der Waals surface area contributed by atoms with Gasteiger partial charge in [0.2, 0.25) is 5.91 Å². The van der Waals surface area contributed by atoms with Crippen molar-refractivity contribution >= 4 is 17.5 Å². The van der Waals surface area contributed by atoms with Crippen molar-refractivity contribution in [3.63, 3.8) is 0 Å². The van der Waals surface area contributed by atoms with Gasteiger partial charge in [-0.3, -0.25) is 14.5 Å². The second kappa shape index (κ2) is 9.56. The van der Waals surface area contributed by atoms with Gasteiger partial charge in [0.1, 0.15) is 5.75 Å². The third-order valence-corrected chi connectivity index (χ3v) is 5.27. The average molecular weight is 396 g/mol. The molecular formula is C23H29N3O3. The molecule has 1 fully saturated rings. The Kier molecular flexibility index (Phi) is 6.88. The van der Waals surface area contributed by atoms with Crippen LogP contribution in [0, 0.1) is 0 Å². The molecule has 1 saturated heterocycles. The number of benzene rings is 2. The van der Waals surface area contributed by atoms with Crippen LogP contribution in [0.3, 0.4) is 0 Å². The van der Waals surface area contributed by atoms with Crippen molar-refractivity contribution in [1.29, 1.82) is 0 Å². The summed E-state index contributed by atoms with van der Waals surface area (Å²) >= 11 is 0. The zero-order chi connectivity index (χ0) is 20.8. The van der Waals surface area contributed by atoms with Crippen LogP contribution < -0.4 is 15.8 Å². The topological polar surface area (TPSA) is 84.7 Å². The summed E-state index contributed by atoms with van der Waals surface area (Å²) in [6.07, 6.45) is 1.73. The zero-order valence-corrected chi connectivity index (χ0v) is 17.1. The van der Waals surface area contributed by atoms with E-state index in [1.165, 1.54) is 5.56 Å². The summed E-state index contributed by atoms with van der Waals surface area (Å²) in [6.45, 7) is 5.60. The molecule has 2 aromatic carbocycles. The van der Waals surface area contributed by atoms with E-state index in [0.717, 1.165) is 30.6 Å². The number of nitrogens with two attached hydrogens (primary N) is 1. The smallest absolute Gasteiger partial charge is 0.262 e. The fourth-order valence-corrected chi connectivity index (χ4v) is 3.62. The lowest BCUT2D eigenvalue weighted by Crippen LogP contribution is -2.39. The molecule has 2 aromatic rings. The minimum absolute atomic E-state index is 0.0665. The fraction of sp³-hybridized carbons (Fsp3) is 0.391. The van der Waals surface area contributed by atoms with E-state index in [2.05, 4.69) is 24.1 Å². The lowest BCUT2D eigenvalue weighted by atomic mass is 10.0. The van der Waals surface area contributed by atoms with E-state index in [0.29, 0.717) is 18.2 Å². The van der Waals surface area contributed by atoms with Gasteiger partial charge in [0, 0.05) is 12.2 Å². The third-order valence-electron chi connectivity index (χ3n) is 5.27. The Bertz CT molecular complexity index is 849. The zero-order valence-electron chi connectivity index (χ0n) is 17.1. The quantitative estimate of drug-likeness (QED) is 0.718. The van der Waals surface area contributed by atoms with Gasteiger partial charge >= 0.3 is 0 Å². The number of hydrogen-bond acceptors (Lipinski definition) is 4. The number of rotatable bonds is 8. The Morgan fingerprint density at radius 2 is 1.90 bits per heavy atom. The molecule has 1 unspecified atom stereocenters. The molecule has 1 heterocycles. The summed E-state index contributed by atoms with van der Waals surface area (Å²) in [5.74, 6) is 0.604. The lowest BCUT2D eigenvalue weighted by molar-refractivity contribution is -0.122. The predicted molar refractivity (Wildman–Crippen MR) is 114 cm³/mol. The van der Waals surface area contributed by atoms with E-state index in [1.807, 2.05) is 48.5 Å². The lowest BCUT2D eigenvalue weighted by Gasteiger charge is -2.23. The van der Waals surface area contributed by atoms with Crippen LogP contribution in [0.2, 0.25) is 0 Å². The van der Waals surface area contributed by atoms with E-state index in [1.54, 1.807) is 0 Å². The first-order valence-corrected chi connectivity index (χ1v) is 10.1. The summed E-state index contributed by atoms with van der Waals surface area (Å²) < 4.78 is 5.61. The summed E-state index contributed by atoms with van der Waals surface area (Å²) in [7, 11) is 0. The predicted octanol–water partition coefficient (Wildman–Crippen LogP) is 3.28. The minimum atomic E-state index is -0.291. The second-order valence-electron chi connectivity index (χ2n) is 7.75. The molecule has 1 atom stereocenters. The minimum Gasteiger partial charge on any atom is -0.484 e. The molecule has 0 radical (unpaired) electrons. The highest BCUT2D eigenvalue weighted by atomic mass is 16.5. The van der Waals surface area contributed by atoms with Gasteiger partial charge in [-0.15, -0.1) is 0 Å². The van der Waals surface area contributed by atoms with Crippen LogP contribution in [0.25, 0.3) is 0 Å². The Morgan fingerprint density at radius 3 is 2.59 bits per heavy atom. The third kappa shape index (κ3) is 5.57. The molecule has 0 aromatic heterocycles. The Labute approximate surface area is 172 Å². The van der Waals surface area contributed by atoms with Gasteiger partial charge in [0.15, 0.2) is 6.61 Å². The van der Waals surface area contributed by atoms with Gasteiger partial charge in [-0.1, -0.05) is 44.2 Å². The molecule has 0 saturated carbocycles. The number of nitrogens with zero attached hydrogens (tertiary/aromatic N) is 1. The molecule has 6 heteroatoms. The van der Waals surface area contributed by atoms with E-state index in [-0.39, 0.29) is 24.5 Å². The number of anilines is 1. The Morgan fingerprint density at radius 1 is 1.17 bits per heavy atom. The van der Waals surface area contributed by atoms with Gasteiger partial charge in [-0.2, -0.15) is 0 Å². The van der Waals surface area contributed by atoms with Crippen LogP contribution in [0.4, 0.5) is 5.69 Å². The molecule has 0 aliphatic carbocycles. The van der Waals surface area contributed by atoms with Crippen LogP contribution in [0.5, 0.6) is 5.75 Å². The average Bonchev–Trinajstić information content (AvgIpc) is 3.17. The molecular weight excluding hydrogens is 366 g/mol. The number of ether oxygens (including phenoxy) is 1. The Balaban J connectivity index is 1.58. The number of carbonyl (C=O) groups excluding carboxylic acids is 2. The van der Waals surface area contributed by atoms with E-state index >= 15 is 0 Å². The first kappa shape index (κ1) is 20.9. The highest BCUT2D eigenvalue weighted by molar-refractivity contribution is 5.92. The van der Waals surface area contributed by atoms with Crippen molar-refractivity contribution in [1.82, 2.24) is 4.90 Å². The number of amides is 2. The van der Waals surface area contributed by atoms with E-state index in [9.17, 15) is 9.59 Å². The number of likely N-dealkylation sites (tertiary alicyclic amines) is 1. The molecule has 0 bridgehead atoms. The highest BCUT2D eigenvalue weighted by Gasteiger charge is 2.29. The molecule has 0 spiro atoms. The fourth-order valence-electron chi connectivity index (χ4n) is 3.62. The molecule has 6 nitrogen and oxygen atoms in total. The molecule has 1 aliphatic heterocycles. The standard InChI is InChI=1S/C23H29N3O3/c1-16(2)17-9-11-19(12-10-17)29-15-22(27)25-20-7-4-3-6-18(20)14-26-13-5-8-21(26)23(24)28/h3-4,6-7,9-12,16,21H,5,8,13-15H2,1-2H3,(H2,24,28)(H,25,27). The highest BCUT2D eigenvalue weighted by Crippen LogP contribution is 2.24. The molecule has 3 N–H and O–H groups in total. The van der Waals surface area contributed by atoms with Crippen LogP contribution in [0.15, 0.2) is 48.5 Å². The maximum absolute atomic E-state index is 12.4. The van der Waals surface area contributed by atoms with Gasteiger partial charge in [0.05, 0.1) is 6.04 Å². The summed E-state index contributed by atoms with van der Waals surface area (Å²) in [6, 6.07) is 15.2. The summed E-state index contributed by atoms with van der Waals surface area (Å²) in [4.78, 5) is 26.1. The van der Waals surface area contributed by atoms with Gasteiger partial charge in [-0.25, -0.2) is 0 Å². The first-order valence-electron chi connectivity index (χ1n) is 10.1. The SMILES string of the molecule is CC(C)c1ccc(OCC(=O)Nc2ccccc2CN2CCCC2C(N)=O)cc1. The summed E-state index contributed by atoms with van der Waals surface area (Å²) in [5.41, 5.74) is 8.42. The Hall–Kier alpha value is -2.86. The van der Waals surface area contributed by atoms with Crippen molar-refractivity contribution in [3.8, 4) is 5.75 Å². The number of nitrogens with one attached hydrogen (secondary N) is 1. The summed E-state index contributed by atoms with van der Waals surface area (Å²) in [5, 5.41) is 2.92. The van der Waals surface area contributed by atoms with E-state index in [4.69, 9.17) is 10.5 Å². The number of hydrogen-bond donors (Lipinski definition) is 2. The van der Waals surface area contributed by atoms with Gasteiger partial charge < -0.3 is 15.8 Å². The van der Waals surface area contributed by atoms with Gasteiger partial charge in [0.25, 0.3) is 5.91 Å². The van der Waals surface area contributed by atoms with Crippen molar-refractivity contribution in [2.75, 3.05) is 18.5 Å². The van der Waals surface area contributed by atoms with Crippen molar-refractivity contribution in [2.45, 2.75) is 45.2 Å². The van der Waals surface area contributed by atoms with Crippen LogP contribution >= 0.6 is 0 Å². The molecule has 1 aliphatic rings. The van der Waals surface area contributed by atoms with Crippen molar-refractivity contribution < 1.29 is 14.3 Å². The van der Waals surface area contributed by atoms with Crippen molar-refractivity contribution in [3.05, 3.63) is 59.7 Å². The van der Waals surface area contributed by atoms with Crippen molar-refractivity contribution in [2.24, 2.45) is 5.73 Å². The largest absolute Gasteiger partial charge is 0.484 e. The van der Waals surface area contributed by atoms with Crippen LogP contribution in [-0.4, -0.2) is 35.9 Å². The molecule has 29 heavy (non-hydrogen) atoms. The maximum Gasteiger partial charge on any atom is 0.262 e. The first-order chi connectivity index (χ1) is 13.9. The normalized spacial score (nSPS) is 16.7. The second-order valence-corrected chi connectivity index (χ2v) is 7.75. The maximum atomic E-state index is 12.4. The number of primary amides is 1. The van der Waals surface area contributed by atoms with Crippen LogP contribution in [0.1, 0.15) is 43.7 Å². The van der Waals surface area contributed by atoms with Crippen LogP contribution in [-0.2, 0) is 16.1 Å². The number of carbonyl (C=O) groups is 2. The van der Waals surface area contributed by atoms with Gasteiger partial charge in [-0.05, 0) is 54.6 Å². The van der Waals surface area contributed by atoms with E-state index < -0.39 is 0 Å².